The van der Waals surface area contributed by atoms with Crippen LogP contribution in [0.15, 0.2) is 36.5 Å². The van der Waals surface area contributed by atoms with Crippen LogP contribution in [-0.4, -0.2) is 15.7 Å². The zero-order valence-electron chi connectivity index (χ0n) is 21.0. The van der Waals surface area contributed by atoms with Gasteiger partial charge in [0.25, 0.3) is 0 Å². The Labute approximate surface area is 205 Å². The van der Waals surface area contributed by atoms with Crippen molar-refractivity contribution in [3.63, 3.8) is 0 Å². The highest BCUT2D eigenvalue weighted by Gasteiger charge is 2.40. The third-order valence-electron chi connectivity index (χ3n) is 7.88. The van der Waals surface area contributed by atoms with Crippen molar-refractivity contribution < 1.29 is 17.6 Å². The van der Waals surface area contributed by atoms with Crippen LogP contribution in [0.3, 0.4) is 0 Å². The number of rotatable bonds is 8. The number of pyridine rings is 1. The summed E-state index contributed by atoms with van der Waals surface area (Å²) in [5, 5.41) is 1.08. The Hall–Kier alpha value is -2.50. The molecule has 0 amide bonds. The quantitative estimate of drug-likeness (QED) is 0.229. The van der Waals surface area contributed by atoms with Crippen molar-refractivity contribution in [2.24, 2.45) is 17.8 Å². The second kappa shape index (κ2) is 10.2. The maximum atomic E-state index is 14.3. The predicted octanol–water partition coefficient (Wildman–Crippen LogP) is 8.93. The first kappa shape index (κ1) is 25.6. The number of aromatic nitrogens is 2. The Bertz CT molecular complexity index is 1140. The molecule has 0 spiro atoms. The van der Waals surface area contributed by atoms with Crippen LogP contribution in [0.25, 0.3) is 22.3 Å². The van der Waals surface area contributed by atoms with Gasteiger partial charge >= 0.3 is 6.18 Å². The van der Waals surface area contributed by atoms with Gasteiger partial charge in [-0.2, -0.15) is 31.2 Å². The molecule has 4 rings (SSSR count). The van der Waals surface area contributed by atoms with Gasteiger partial charge in [-0.15, -0.1) is 0 Å². The third kappa shape index (κ3) is 5.22. The second-order valence-electron chi connectivity index (χ2n) is 10.2. The molecule has 2 aromatic heterocycles. The van der Waals surface area contributed by atoms with Crippen LogP contribution in [0.1, 0.15) is 77.0 Å². The summed E-state index contributed by atoms with van der Waals surface area (Å²) in [4.78, 5) is 4.78. The summed E-state index contributed by atoms with van der Waals surface area (Å²) in [5.41, 5.74) is 4.82. The van der Waals surface area contributed by atoms with Crippen LogP contribution < -0.4 is 0 Å². The maximum absolute atomic E-state index is 14.3. The van der Waals surface area contributed by atoms with Gasteiger partial charge in [0.1, 0.15) is 5.82 Å². The number of fused-ring (bicyclic) bond motifs is 1. The van der Waals surface area contributed by atoms with Crippen molar-refractivity contribution in [3.05, 3.63) is 59.9 Å². The number of nitrogens with zero attached hydrogens (tertiary/aromatic N) is 2. The fraction of sp³-hybridized carbons (Fsp3) is 0.517. The minimum absolute atomic E-state index is 0.238. The molecule has 35 heavy (non-hydrogen) atoms. The van der Waals surface area contributed by atoms with Crippen molar-refractivity contribution in [2.45, 2.75) is 78.4 Å². The molecule has 3 unspecified atom stereocenters. The zero-order chi connectivity index (χ0) is 25.3. The van der Waals surface area contributed by atoms with E-state index in [1.165, 1.54) is 18.6 Å². The van der Waals surface area contributed by atoms with E-state index in [2.05, 4.69) is 11.5 Å². The first-order valence-electron chi connectivity index (χ1n) is 12.8. The molecule has 1 fully saturated rings. The van der Waals surface area contributed by atoms with Crippen LogP contribution in [0.2, 0.25) is 0 Å². The summed E-state index contributed by atoms with van der Waals surface area (Å²) >= 11 is 0. The zero-order valence-corrected chi connectivity index (χ0v) is 21.0. The molecule has 1 saturated carbocycles. The molecule has 2 nitrogen and oxygen atoms in total. The van der Waals surface area contributed by atoms with Crippen LogP contribution in [0.4, 0.5) is 17.6 Å². The van der Waals surface area contributed by atoms with Crippen molar-refractivity contribution in [2.75, 3.05) is 0 Å². The summed E-state index contributed by atoms with van der Waals surface area (Å²) < 4.78 is 56.1. The molecule has 3 atom stereocenters. The van der Waals surface area contributed by atoms with E-state index in [4.69, 9.17) is 4.98 Å². The molecule has 0 saturated heterocycles. The summed E-state index contributed by atoms with van der Waals surface area (Å²) in [7, 11) is 0. The van der Waals surface area contributed by atoms with Crippen LogP contribution >= 0.6 is 0 Å². The molecule has 1 aliphatic rings. The SMILES string of the molecule is CCCc1c(-c2ccc([CH-]C(C)C(C)C(C)C(F)(F)F)cn2)n(C2CCCC2)c2cc(F)ccc12. The van der Waals surface area contributed by atoms with E-state index >= 15 is 0 Å². The van der Waals surface area contributed by atoms with Gasteiger partial charge < -0.3 is 9.55 Å². The summed E-state index contributed by atoms with van der Waals surface area (Å²) in [6, 6.07) is 9.28. The first-order valence-corrected chi connectivity index (χ1v) is 12.8. The van der Waals surface area contributed by atoms with Gasteiger partial charge in [0.2, 0.25) is 0 Å². The number of halogens is 4. The molecule has 1 aromatic carbocycles. The number of alkyl halides is 3. The van der Waals surface area contributed by atoms with Gasteiger partial charge in [-0.3, -0.25) is 0 Å². The third-order valence-corrected chi connectivity index (χ3v) is 7.88. The maximum Gasteiger partial charge on any atom is 0.391 e. The van der Waals surface area contributed by atoms with Gasteiger partial charge in [-0.25, -0.2) is 4.39 Å². The van der Waals surface area contributed by atoms with Gasteiger partial charge in [0, 0.05) is 11.4 Å². The standard InChI is InChI=1S/C29H35F4N2/c1-5-8-25-24-13-12-22(30)16-27(24)35(23-9-6-7-10-23)28(25)26-14-11-21(17-34-26)15-18(2)19(3)20(4)29(31,32)33/h11-20,23H,5-10H2,1-4H3/q-1. The summed E-state index contributed by atoms with van der Waals surface area (Å²) in [6.45, 7) is 6.86. The van der Waals surface area contributed by atoms with E-state index in [1.807, 2.05) is 31.5 Å². The molecule has 190 valence electrons. The molecule has 0 N–H and O–H groups in total. The van der Waals surface area contributed by atoms with Crippen molar-refractivity contribution in [3.8, 4) is 11.4 Å². The lowest BCUT2D eigenvalue weighted by molar-refractivity contribution is -0.185. The molecular weight excluding hydrogens is 452 g/mol. The molecule has 6 heteroatoms. The Morgan fingerprint density at radius 1 is 1.09 bits per heavy atom. The number of hydrogen-bond acceptors (Lipinski definition) is 1. The molecule has 3 aromatic rings. The molecule has 0 aliphatic heterocycles. The van der Waals surface area contributed by atoms with Crippen LogP contribution in [-0.2, 0) is 6.42 Å². The van der Waals surface area contributed by atoms with Crippen molar-refractivity contribution in [1.82, 2.24) is 9.55 Å². The average molecular weight is 488 g/mol. The lowest BCUT2D eigenvalue weighted by Crippen LogP contribution is -2.30. The topological polar surface area (TPSA) is 17.8 Å². The first-order chi connectivity index (χ1) is 16.6. The van der Waals surface area contributed by atoms with Gasteiger partial charge in [-0.1, -0.05) is 65.1 Å². The Kier molecular flexibility index (Phi) is 7.48. The smallest absolute Gasteiger partial charge is 0.336 e. The van der Waals surface area contributed by atoms with Crippen molar-refractivity contribution in [1.29, 1.82) is 0 Å². The highest BCUT2D eigenvalue weighted by atomic mass is 19.4. The van der Waals surface area contributed by atoms with E-state index in [9.17, 15) is 17.6 Å². The van der Waals surface area contributed by atoms with Gasteiger partial charge in [0.15, 0.2) is 0 Å². The highest BCUT2D eigenvalue weighted by Crippen LogP contribution is 2.42. The number of hydrogen-bond donors (Lipinski definition) is 0. The predicted molar refractivity (Wildman–Crippen MR) is 134 cm³/mol. The fourth-order valence-corrected chi connectivity index (χ4v) is 5.53. The van der Waals surface area contributed by atoms with E-state index in [0.29, 0.717) is 6.04 Å². The van der Waals surface area contributed by atoms with E-state index in [0.717, 1.165) is 66.4 Å². The normalized spacial score (nSPS) is 17.6. The largest absolute Gasteiger partial charge is 0.391 e. The fourth-order valence-electron chi connectivity index (χ4n) is 5.53. The molecular formula is C29H35F4N2-. The number of aryl methyl sites for hydroxylation is 1. The van der Waals surface area contributed by atoms with Gasteiger partial charge in [-0.05, 0) is 48.9 Å². The minimum atomic E-state index is -4.20. The Morgan fingerprint density at radius 3 is 2.40 bits per heavy atom. The average Bonchev–Trinajstić information content (AvgIpc) is 3.44. The summed E-state index contributed by atoms with van der Waals surface area (Å²) in [5.74, 6) is -2.40. The molecule has 0 radical (unpaired) electrons. The lowest BCUT2D eigenvalue weighted by Gasteiger charge is -2.30. The van der Waals surface area contributed by atoms with Crippen molar-refractivity contribution >= 4 is 10.9 Å². The van der Waals surface area contributed by atoms with E-state index in [1.54, 1.807) is 19.2 Å². The highest BCUT2D eigenvalue weighted by molar-refractivity contribution is 5.91. The molecule has 1 aliphatic carbocycles. The molecule has 2 heterocycles. The Balaban J connectivity index is 1.70. The van der Waals surface area contributed by atoms with E-state index in [-0.39, 0.29) is 11.7 Å². The van der Waals surface area contributed by atoms with E-state index < -0.39 is 18.0 Å². The number of benzene rings is 1. The molecule has 0 bridgehead atoms. The van der Waals surface area contributed by atoms with Crippen LogP contribution in [0.5, 0.6) is 0 Å². The van der Waals surface area contributed by atoms with Gasteiger partial charge in [0.05, 0.1) is 22.8 Å². The van der Waals surface area contributed by atoms with Crippen LogP contribution in [0, 0.1) is 30.0 Å². The minimum Gasteiger partial charge on any atom is -0.336 e. The lowest BCUT2D eigenvalue weighted by atomic mass is 9.81. The second-order valence-corrected chi connectivity index (χ2v) is 10.2. The Morgan fingerprint density at radius 2 is 1.80 bits per heavy atom. The summed E-state index contributed by atoms with van der Waals surface area (Å²) in [6.07, 6.45) is 5.72. The monoisotopic (exact) mass is 487 g/mol.